The van der Waals surface area contributed by atoms with Crippen molar-refractivity contribution >= 4 is 12.2 Å². The molecule has 0 aromatic carbocycles. The lowest BCUT2D eigenvalue weighted by Crippen LogP contribution is -2.50. The predicted molar refractivity (Wildman–Crippen MR) is 113 cm³/mol. The molecule has 1 unspecified atom stereocenters. The van der Waals surface area contributed by atoms with Gasteiger partial charge in [-0.15, -0.1) is 0 Å². The normalized spacial score (nSPS) is 11.4. The molecular weight excluding hydrogens is 300 g/mol. The van der Waals surface area contributed by atoms with Gasteiger partial charge in [-0.2, -0.15) is 0 Å². The fraction of sp³-hybridized carbons (Fsp3) is 0.895. The number of rotatable bonds is 6. The third-order valence-corrected chi connectivity index (χ3v) is 2.13. The molecule has 0 aliphatic heterocycles. The Morgan fingerprint density at radius 3 is 1.67 bits per heavy atom. The van der Waals surface area contributed by atoms with Crippen LogP contribution in [0.1, 0.15) is 88.5 Å². The van der Waals surface area contributed by atoms with Crippen molar-refractivity contribution in [1.82, 2.24) is 10.6 Å². The summed E-state index contributed by atoms with van der Waals surface area (Å²) in [5.74, 6) is 0.338. The van der Waals surface area contributed by atoms with Gasteiger partial charge in [0, 0.05) is 6.54 Å². The zero-order chi connectivity index (χ0) is 20.4. The van der Waals surface area contributed by atoms with Crippen LogP contribution in [0, 0.1) is 0 Å². The van der Waals surface area contributed by atoms with E-state index < -0.39 is 5.54 Å². The van der Waals surface area contributed by atoms with Gasteiger partial charge in [0.2, 0.25) is 0 Å². The van der Waals surface area contributed by atoms with Crippen molar-refractivity contribution in [3.63, 3.8) is 0 Å². The Balaban J connectivity index is -0.0000000904. The van der Waals surface area contributed by atoms with Gasteiger partial charge in [-0.1, -0.05) is 68.2 Å². The second-order valence-electron chi connectivity index (χ2n) is 4.68. The SMILES string of the molecule is CC.CC.CCC.CCCC(C)(C=O)NC(N)=NCC.CCNC. The molecule has 0 bridgehead atoms. The molecule has 0 aliphatic rings. The molecular formula is C19H48N4O. The van der Waals surface area contributed by atoms with Crippen molar-refractivity contribution in [3.8, 4) is 0 Å². The Morgan fingerprint density at radius 2 is 1.46 bits per heavy atom. The minimum atomic E-state index is -0.572. The van der Waals surface area contributed by atoms with E-state index in [-0.39, 0.29) is 0 Å². The Morgan fingerprint density at radius 1 is 1.08 bits per heavy atom. The summed E-state index contributed by atoms with van der Waals surface area (Å²) >= 11 is 0. The Kier molecular flexibility index (Phi) is 47.8. The van der Waals surface area contributed by atoms with Crippen LogP contribution in [0.3, 0.4) is 0 Å². The van der Waals surface area contributed by atoms with Crippen LogP contribution in [0.15, 0.2) is 4.99 Å². The highest BCUT2D eigenvalue weighted by Gasteiger charge is 2.22. The summed E-state index contributed by atoms with van der Waals surface area (Å²) in [5.41, 5.74) is 4.98. The lowest BCUT2D eigenvalue weighted by molar-refractivity contribution is -0.112. The number of nitrogens with one attached hydrogen (secondary N) is 2. The van der Waals surface area contributed by atoms with Crippen molar-refractivity contribution in [1.29, 1.82) is 0 Å². The molecule has 1 atom stereocenters. The fourth-order valence-electron chi connectivity index (χ4n) is 1.17. The Bertz CT molecular complexity index is 231. The van der Waals surface area contributed by atoms with E-state index >= 15 is 0 Å². The van der Waals surface area contributed by atoms with E-state index in [1.165, 1.54) is 6.42 Å². The summed E-state index contributed by atoms with van der Waals surface area (Å²) < 4.78 is 0. The highest BCUT2D eigenvalue weighted by molar-refractivity contribution is 5.82. The molecule has 0 rings (SSSR count). The topological polar surface area (TPSA) is 79.5 Å². The van der Waals surface area contributed by atoms with E-state index in [1.54, 1.807) is 0 Å². The molecule has 0 aliphatic carbocycles. The highest BCUT2D eigenvalue weighted by Crippen LogP contribution is 2.07. The quantitative estimate of drug-likeness (QED) is 0.378. The number of aldehydes is 1. The summed E-state index contributed by atoms with van der Waals surface area (Å²) in [7, 11) is 1.93. The van der Waals surface area contributed by atoms with Crippen LogP contribution < -0.4 is 16.4 Å². The molecule has 0 amide bonds. The number of hydrogen-bond donors (Lipinski definition) is 3. The molecule has 0 radical (unpaired) electrons. The van der Waals surface area contributed by atoms with Gasteiger partial charge < -0.3 is 21.2 Å². The lowest BCUT2D eigenvalue weighted by Gasteiger charge is -2.24. The van der Waals surface area contributed by atoms with Crippen LogP contribution in [0.25, 0.3) is 0 Å². The monoisotopic (exact) mass is 348 g/mol. The largest absolute Gasteiger partial charge is 0.370 e. The van der Waals surface area contributed by atoms with E-state index in [2.05, 4.69) is 36.4 Å². The molecule has 0 spiro atoms. The predicted octanol–water partition coefficient (Wildman–Crippen LogP) is 4.36. The summed E-state index contributed by atoms with van der Waals surface area (Å²) in [6.07, 6.45) is 3.83. The zero-order valence-electron chi connectivity index (χ0n) is 18.5. The average molecular weight is 349 g/mol. The molecule has 4 N–H and O–H groups in total. The third kappa shape index (κ3) is 37.3. The number of nitrogens with two attached hydrogens (primary N) is 1. The fourth-order valence-corrected chi connectivity index (χ4v) is 1.17. The number of hydrogen-bond acceptors (Lipinski definition) is 3. The molecule has 0 aromatic heterocycles. The second-order valence-corrected chi connectivity index (χ2v) is 4.68. The molecule has 150 valence electrons. The van der Waals surface area contributed by atoms with Crippen molar-refractivity contribution in [2.75, 3.05) is 20.1 Å². The van der Waals surface area contributed by atoms with E-state index in [0.29, 0.717) is 12.5 Å². The molecule has 0 saturated heterocycles. The van der Waals surface area contributed by atoms with Gasteiger partial charge in [0.25, 0.3) is 0 Å². The van der Waals surface area contributed by atoms with Gasteiger partial charge in [0.15, 0.2) is 5.96 Å². The van der Waals surface area contributed by atoms with Crippen LogP contribution in [-0.2, 0) is 4.79 Å². The number of carbonyl (C=O) groups excluding carboxylic acids is 1. The maximum Gasteiger partial charge on any atom is 0.189 e. The van der Waals surface area contributed by atoms with Gasteiger partial charge in [0.05, 0.1) is 5.54 Å². The highest BCUT2D eigenvalue weighted by atomic mass is 16.1. The van der Waals surface area contributed by atoms with E-state index in [4.69, 9.17) is 5.73 Å². The first-order chi connectivity index (χ1) is 11.4. The molecule has 5 heteroatoms. The number of guanidine groups is 1. The number of carbonyl (C=O) groups is 1. The van der Waals surface area contributed by atoms with Crippen molar-refractivity contribution < 1.29 is 4.79 Å². The van der Waals surface area contributed by atoms with E-state index in [1.807, 2.05) is 55.5 Å². The number of aliphatic imine (C=N–C) groups is 1. The van der Waals surface area contributed by atoms with Crippen molar-refractivity contribution in [3.05, 3.63) is 0 Å². The van der Waals surface area contributed by atoms with Crippen LogP contribution in [0.5, 0.6) is 0 Å². The average Bonchev–Trinajstić information content (AvgIpc) is 2.59. The maximum absolute atomic E-state index is 10.8. The zero-order valence-corrected chi connectivity index (χ0v) is 18.5. The van der Waals surface area contributed by atoms with Gasteiger partial charge in [-0.3, -0.25) is 4.99 Å². The van der Waals surface area contributed by atoms with Crippen molar-refractivity contribution in [2.24, 2.45) is 10.7 Å². The second kappa shape index (κ2) is 33.5. The third-order valence-electron chi connectivity index (χ3n) is 2.13. The summed E-state index contributed by atoms with van der Waals surface area (Å²) in [6.45, 7) is 21.8. The first kappa shape index (κ1) is 34.3. The van der Waals surface area contributed by atoms with Gasteiger partial charge in [-0.05, 0) is 33.9 Å². The Labute approximate surface area is 153 Å². The first-order valence-electron chi connectivity index (χ1n) is 9.60. The van der Waals surface area contributed by atoms with E-state index in [0.717, 1.165) is 25.7 Å². The first-order valence-corrected chi connectivity index (χ1v) is 9.60. The van der Waals surface area contributed by atoms with Crippen LogP contribution >= 0.6 is 0 Å². The van der Waals surface area contributed by atoms with Gasteiger partial charge >= 0.3 is 0 Å². The van der Waals surface area contributed by atoms with Gasteiger partial charge in [0.1, 0.15) is 6.29 Å². The lowest BCUT2D eigenvalue weighted by atomic mass is 9.98. The van der Waals surface area contributed by atoms with Gasteiger partial charge in [-0.25, -0.2) is 0 Å². The minimum absolute atomic E-state index is 0.338. The maximum atomic E-state index is 10.8. The van der Waals surface area contributed by atoms with Crippen molar-refractivity contribution in [2.45, 2.75) is 94.0 Å². The number of nitrogens with zero attached hydrogens (tertiary/aromatic N) is 1. The molecule has 0 heterocycles. The minimum Gasteiger partial charge on any atom is -0.370 e. The summed E-state index contributed by atoms with van der Waals surface area (Å²) in [4.78, 5) is 14.7. The summed E-state index contributed by atoms with van der Waals surface area (Å²) in [5, 5.41) is 5.84. The molecule has 24 heavy (non-hydrogen) atoms. The van der Waals surface area contributed by atoms with E-state index in [9.17, 15) is 4.79 Å². The molecule has 5 nitrogen and oxygen atoms in total. The molecule has 0 aromatic rings. The standard InChI is InChI=1S/C9H19N3O.C3H9N.C3H8.2C2H6/c1-4-6-9(3,7-13)12-8(10)11-5-2;1-3-4-2;1-3-2;2*1-2/h7H,4-6H2,1-3H3,(H3,10,11,12);4H,3H2,1-2H3;3H2,1-2H3;2*1-2H3. The molecule has 0 saturated carbocycles. The summed E-state index contributed by atoms with van der Waals surface area (Å²) in [6, 6.07) is 0. The smallest absolute Gasteiger partial charge is 0.189 e. The van der Waals surface area contributed by atoms with Crippen LogP contribution in [0.2, 0.25) is 0 Å². The Hall–Kier alpha value is -1.10. The van der Waals surface area contributed by atoms with Crippen LogP contribution in [-0.4, -0.2) is 37.9 Å². The van der Waals surface area contributed by atoms with Crippen LogP contribution in [0.4, 0.5) is 0 Å². The molecule has 0 fully saturated rings.